The minimum absolute atomic E-state index is 0.192. The van der Waals surface area contributed by atoms with Crippen LogP contribution in [-0.4, -0.2) is 0 Å². The van der Waals surface area contributed by atoms with Gasteiger partial charge in [0.2, 0.25) is 0 Å². The Morgan fingerprint density at radius 1 is 1.29 bits per heavy atom. The minimum Gasteiger partial charge on any atom is -0.368 e. The van der Waals surface area contributed by atoms with Crippen molar-refractivity contribution >= 4 is 0 Å². The lowest BCUT2D eigenvalue weighted by Crippen LogP contribution is -2.18. The van der Waals surface area contributed by atoms with Crippen LogP contribution >= 0.6 is 0 Å². The summed E-state index contributed by atoms with van der Waals surface area (Å²) in [7, 11) is 0. The molecule has 0 aromatic heterocycles. The molecule has 2 rings (SSSR count). The molecule has 1 unspecified atom stereocenters. The normalized spacial score (nSPS) is 21.0. The number of benzene rings is 1. The first kappa shape index (κ1) is 9.72. The van der Waals surface area contributed by atoms with Gasteiger partial charge in [-0.1, -0.05) is 39.0 Å². The van der Waals surface area contributed by atoms with Gasteiger partial charge in [-0.15, -0.1) is 0 Å². The second-order valence-corrected chi connectivity index (χ2v) is 5.20. The van der Waals surface area contributed by atoms with Crippen molar-refractivity contribution in [2.45, 2.75) is 40.4 Å². The van der Waals surface area contributed by atoms with E-state index in [0.717, 1.165) is 6.61 Å². The largest absolute Gasteiger partial charge is 0.368 e. The van der Waals surface area contributed by atoms with Gasteiger partial charge in [0.05, 0.1) is 12.7 Å². The second kappa shape index (κ2) is 3.09. The fourth-order valence-electron chi connectivity index (χ4n) is 2.18. The Labute approximate surface area is 86.1 Å². The third kappa shape index (κ3) is 1.46. The first-order chi connectivity index (χ1) is 6.50. The fourth-order valence-corrected chi connectivity index (χ4v) is 2.18. The summed E-state index contributed by atoms with van der Waals surface area (Å²) >= 11 is 0. The summed E-state index contributed by atoms with van der Waals surface area (Å²) in [6, 6.07) is 6.46. The van der Waals surface area contributed by atoms with E-state index in [2.05, 4.69) is 45.9 Å². The Bertz CT molecular complexity index is 347. The van der Waals surface area contributed by atoms with Gasteiger partial charge >= 0.3 is 0 Å². The van der Waals surface area contributed by atoms with E-state index in [9.17, 15) is 0 Å². The number of hydrogen-bond donors (Lipinski definition) is 0. The van der Waals surface area contributed by atoms with E-state index in [1.54, 1.807) is 0 Å². The number of fused-ring (bicyclic) bond motifs is 1. The lowest BCUT2D eigenvalue weighted by molar-refractivity contribution is -0.00816. The number of rotatable bonds is 0. The molecular formula is C13H18O. The maximum atomic E-state index is 5.87. The Hall–Kier alpha value is -0.820. The van der Waals surface area contributed by atoms with Crippen LogP contribution in [0.15, 0.2) is 18.2 Å². The van der Waals surface area contributed by atoms with Crippen molar-refractivity contribution in [3.05, 3.63) is 34.9 Å². The van der Waals surface area contributed by atoms with Crippen LogP contribution in [0.1, 0.15) is 43.6 Å². The topological polar surface area (TPSA) is 9.23 Å². The van der Waals surface area contributed by atoms with Gasteiger partial charge in [-0.05, 0) is 29.0 Å². The standard InChI is InChI=1S/C13H18O/c1-9-6-5-7-10-8-14-12(11(9)10)13(2,3)4/h5-7,12H,8H2,1-4H3. The Kier molecular flexibility index (Phi) is 2.15. The van der Waals surface area contributed by atoms with Crippen LogP contribution in [0.25, 0.3) is 0 Å². The van der Waals surface area contributed by atoms with E-state index in [4.69, 9.17) is 4.74 Å². The van der Waals surface area contributed by atoms with E-state index in [-0.39, 0.29) is 11.5 Å². The molecule has 1 aromatic rings. The number of hydrogen-bond acceptors (Lipinski definition) is 1. The highest BCUT2D eigenvalue weighted by molar-refractivity contribution is 5.39. The van der Waals surface area contributed by atoms with Crippen LogP contribution in [0.3, 0.4) is 0 Å². The molecule has 1 aromatic carbocycles. The summed E-state index contributed by atoms with van der Waals surface area (Å²) in [5, 5.41) is 0. The second-order valence-electron chi connectivity index (χ2n) is 5.20. The van der Waals surface area contributed by atoms with Crippen LogP contribution in [0.5, 0.6) is 0 Å². The summed E-state index contributed by atoms with van der Waals surface area (Å²) in [5.74, 6) is 0. The molecule has 0 radical (unpaired) electrons. The van der Waals surface area contributed by atoms with Crippen LogP contribution in [-0.2, 0) is 11.3 Å². The quantitative estimate of drug-likeness (QED) is 0.607. The molecule has 0 saturated carbocycles. The smallest absolute Gasteiger partial charge is 0.0883 e. The van der Waals surface area contributed by atoms with E-state index >= 15 is 0 Å². The lowest BCUT2D eigenvalue weighted by atomic mass is 9.83. The summed E-state index contributed by atoms with van der Waals surface area (Å²) in [6.45, 7) is 9.66. The maximum Gasteiger partial charge on any atom is 0.0883 e. The zero-order valence-electron chi connectivity index (χ0n) is 9.42. The SMILES string of the molecule is Cc1cccc2c1C(C(C)(C)C)OC2. The summed E-state index contributed by atoms with van der Waals surface area (Å²) in [5.41, 5.74) is 4.34. The number of ether oxygens (including phenoxy) is 1. The Morgan fingerprint density at radius 2 is 2.00 bits per heavy atom. The Balaban J connectivity index is 2.48. The van der Waals surface area contributed by atoms with Gasteiger partial charge in [0.1, 0.15) is 0 Å². The summed E-state index contributed by atoms with van der Waals surface area (Å²) in [4.78, 5) is 0. The van der Waals surface area contributed by atoms with Gasteiger partial charge in [0.15, 0.2) is 0 Å². The molecule has 1 heteroatoms. The Morgan fingerprint density at radius 3 is 2.64 bits per heavy atom. The minimum atomic E-state index is 0.192. The predicted octanol–water partition coefficient (Wildman–Crippen LogP) is 3.61. The van der Waals surface area contributed by atoms with Crippen molar-refractivity contribution in [1.82, 2.24) is 0 Å². The van der Waals surface area contributed by atoms with Crippen LogP contribution < -0.4 is 0 Å². The maximum absolute atomic E-state index is 5.87. The molecule has 1 aliphatic heterocycles. The van der Waals surface area contributed by atoms with Crippen LogP contribution in [0.2, 0.25) is 0 Å². The third-order valence-corrected chi connectivity index (χ3v) is 2.87. The van der Waals surface area contributed by atoms with Gasteiger partial charge in [-0.25, -0.2) is 0 Å². The van der Waals surface area contributed by atoms with E-state index < -0.39 is 0 Å². The lowest BCUT2D eigenvalue weighted by Gasteiger charge is -2.27. The fraction of sp³-hybridized carbons (Fsp3) is 0.538. The molecule has 1 heterocycles. The zero-order chi connectivity index (χ0) is 10.3. The molecule has 1 atom stereocenters. The van der Waals surface area contributed by atoms with Gasteiger partial charge in [-0.2, -0.15) is 0 Å². The van der Waals surface area contributed by atoms with Gasteiger partial charge in [0.25, 0.3) is 0 Å². The van der Waals surface area contributed by atoms with Crippen molar-refractivity contribution in [3.8, 4) is 0 Å². The van der Waals surface area contributed by atoms with Crippen LogP contribution in [0.4, 0.5) is 0 Å². The molecule has 0 spiro atoms. The van der Waals surface area contributed by atoms with Crippen LogP contribution in [0, 0.1) is 12.3 Å². The molecule has 0 N–H and O–H groups in total. The molecular weight excluding hydrogens is 172 g/mol. The molecule has 0 aliphatic carbocycles. The van der Waals surface area contributed by atoms with Crippen molar-refractivity contribution in [2.75, 3.05) is 0 Å². The van der Waals surface area contributed by atoms with Gasteiger partial charge < -0.3 is 4.74 Å². The summed E-state index contributed by atoms with van der Waals surface area (Å²) < 4.78 is 5.87. The zero-order valence-corrected chi connectivity index (χ0v) is 9.42. The van der Waals surface area contributed by atoms with E-state index in [1.165, 1.54) is 16.7 Å². The molecule has 0 amide bonds. The molecule has 14 heavy (non-hydrogen) atoms. The van der Waals surface area contributed by atoms with Crippen molar-refractivity contribution in [1.29, 1.82) is 0 Å². The molecule has 76 valence electrons. The van der Waals surface area contributed by atoms with Crippen molar-refractivity contribution < 1.29 is 4.74 Å². The molecule has 0 fully saturated rings. The van der Waals surface area contributed by atoms with Crippen molar-refractivity contribution in [2.24, 2.45) is 5.41 Å². The number of aryl methyl sites for hydroxylation is 1. The van der Waals surface area contributed by atoms with Gasteiger partial charge in [0, 0.05) is 0 Å². The highest BCUT2D eigenvalue weighted by atomic mass is 16.5. The first-order valence-electron chi connectivity index (χ1n) is 5.20. The third-order valence-electron chi connectivity index (χ3n) is 2.87. The highest BCUT2D eigenvalue weighted by Gasteiger charge is 2.34. The molecule has 1 nitrogen and oxygen atoms in total. The predicted molar refractivity (Wildman–Crippen MR) is 58.2 cm³/mol. The summed E-state index contributed by atoms with van der Waals surface area (Å²) in [6.07, 6.45) is 0.263. The molecule has 0 bridgehead atoms. The first-order valence-corrected chi connectivity index (χ1v) is 5.20. The van der Waals surface area contributed by atoms with Crippen molar-refractivity contribution in [3.63, 3.8) is 0 Å². The molecule has 1 aliphatic rings. The van der Waals surface area contributed by atoms with E-state index in [1.807, 2.05) is 0 Å². The highest BCUT2D eigenvalue weighted by Crippen LogP contribution is 2.43. The van der Waals surface area contributed by atoms with E-state index in [0.29, 0.717) is 0 Å². The molecule has 0 saturated heterocycles. The average molecular weight is 190 g/mol. The monoisotopic (exact) mass is 190 g/mol. The average Bonchev–Trinajstić information content (AvgIpc) is 2.47. The van der Waals surface area contributed by atoms with Gasteiger partial charge in [-0.3, -0.25) is 0 Å².